The van der Waals surface area contributed by atoms with Crippen LogP contribution >= 0.6 is 0 Å². The molecule has 2 aliphatic heterocycles. The lowest BCUT2D eigenvalue weighted by atomic mass is 9.90. The van der Waals surface area contributed by atoms with Gasteiger partial charge in [0.15, 0.2) is 0 Å². The van der Waals surface area contributed by atoms with Crippen molar-refractivity contribution in [1.29, 1.82) is 0 Å². The number of nitrogens with one attached hydrogen (secondary N) is 2. The topological polar surface area (TPSA) is 70.7 Å². The van der Waals surface area contributed by atoms with Gasteiger partial charge in [-0.15, -0.1) is 0 Å². The molecular formula is C20H21N3O3. The molecular weight excluding hydrogens is 330 g/mol. The Labute approximate surface area is 152 Å². The van der Waals surface area contributed by atoms with Crippen molar-refractivity contribution in [3.05, 3.63) is 54.1 Å². The Hall–Kier alpha value is -2.86. The molecule has 1 saturated heterocycles. The highest BCUT2D eigenvalue weighted by Crippen LogP contribution is 2.33. The molecule has 2 amide bonds. The standard InChI is InChI=1S/C20H21N3O3/c24-19-13-17(16-3-1-2-4-18(16)22-19)20(25)21-14-5-7-15(8-6-14)23-9-11-26-12-10-23/h1-8,17H,9-13H2,(H,21,25)(H,22,24). The molecule has 2 aliphatic rings. The summed E-state index contributed by atoms with van der Waals surface area (Å²) < 4.78 is 5.37. The molecule has 0 saturated carbocycles. The van der Waals surface area contributed by atoms with Crippen LogP contribution in [0.3, 0.4) is 0 Å². The summed E-state index contributed by atoms with van der Waals surface area (Å²) in [4.78, 5) is 26.9. The predicted octanol–water partition coefficient (Wildman–Crippen LogP) is 2.59. The predicted molar refractivity (Wildman–Crippen MR) is 101 cm³/mol. The minimum absolute atomic E-state index is 0.133. The van der Waals surface area contributed by atoms with E-state index in [2.05, 4.69) is 15.5 Å². The molecule has 0 radical (unpaired) electrons. The molecule has 0 spiro atoms. The van der Waals surface area contributed by atoms with Gasteiger partial charge in [0.2, 0.25) is 11.8 Å². The third-order valence-corrected chi connectivity index (χ3v) is 4.83. The summed E-state index contributed by atoms with van der Waals surface area (Å²) in [5.41, 5.74) is 3.42. The van der Waals surface area contributed by atoms with Gasteiger partial charge in [-0.2, -0.15) is 0 Å². The van der Waals surface area contributed by atoms with Crippen molar-refractivity contribution in [3.63, 3.8) is 0 Å². The highest BCUT2D eigenvalue weighted by molar-refractivity contribution is 6.05. The monoisotopic (exact) mass is 351 g/mol. The highest BCUT2D eigenvalue weighted by atomic mass is 16.5. The van der Waals surface area contributed by atoms with Gasteiger partial charge in [0.25, 0.3) is 0 Å². The van der Waals surface area contributed by atoms with Crippen molar-refractivity contribution in [1.82, 2.24) is 0 Å². The van der Waals surface area contributed by atoms with Crippen LogP contribution in [0.5, 0.6) is 0 Å². The Morgan fingerprint density at radius 1 is 1.08 bits per heavy atom. The van der Waals surface area contributed by atoms with E-state index >= 15 is 0 Å². The zero-order valence-corrected chi connectivity index (χ0v) is 14.4. The van der Waals surface area contributed by atoms with E-state index in [4.69, 9.17) is 4.74 Å². The van der Waals surface area contributed by atoms with Crippen molar-refractivity contribution in [2.45, 2.75) is 12.3 Å². The van der Waals surface area contributed by atoms with E-state index in [1.165, 1.54) is 0 Å². The van der Waals surface area contributed by atoms with E-state index in [0.29, 0.717) is 5.69 Å². The van der Waals surface area contributed by atoms with E-state index in [9.17, 15) is 9.59 Å². The Morgan fingerprint density at radius 3 is 2.58 bits per heavy atom. The third-order valence-electron chi connectivity index (χ3n) is 4.83. The summed E-state index contributed by atoms with van der Waals surface area (Å²) in [6, 6.07) is 15.3. The van der Waals surface area contributed by atoms with Gasteiger partial charge in [0.1, 0.15) is 0 Å². The summed E-state index contributed by atoms with van der Waals surface area (Å²) in [7, 11) is 0. The molecule has 0 aromatic heterocycles. The van der Waals surface area contributed by atoms with Crippen LogP contribution in [0.25, 0.3) is 0 Å². The SMILES string of the molecule is O=C1CC(C(=O)Nc2ccc(N3CCOCC3)cc2)c2ccccc2N1. The lowest BCUT2D eigenvalue weighted by Gasteiger charge is -2.29. The van der Waals surface area contributed by atoms with Crippen LogP contribution in [-0.2, 0) is 14.3 Å². The van der Waals surface area contributed by atoms with Gasteiger partial charge in [0, 0.05) is 36.6 Å². The normalized spacial score (nSPS) is 19.5. The van der Waals surface area contributed by atoms with Crippen LogP contribution in [-0.4, -0.2) is 38.1 Å². The maximum Gasteiger partial charge on any atom is 0.232 e. The quantitative estimate of drug-likeness (QED) is 0.892. The van der Waals surface area contributed by atoms with E-state index in [1.54, 1.807) is 0 Å². The third kappa shape index (κ3) is 3.41. The lowest BCUT2D eigenvalue weighted by molar-refractivity contribution is -0.123. The molecule has 26 heavy (non-hydrogen) atoms. The molecule has 0 aliphatic carbocycles. The molecule has 1 fully saturated rings. The first-order valence-electron chi connectivity index (χ1n) is 8.83. The molecule has 6 heteroatoms. The largest absolute Gasteiger partial charge is 0.378 e. The Balaban J connectivity index is 1.47. The maximum absolute atomic E-state index is 12.7. The van der Waals surface area contributed by atoms with Crippen LogP contribution in [0.4, 0.5) is 17.1 Å². The number of carbonyl (C=O) groups excluding carboxylic acids is 2. The second kappa shape index (κ2) is 7.17. The number of amides is 2. The van der Waals surface area contributed by atoms with Crippen LogP contribution in [0.1, 0.15) is 17.9 Å². The zero-order chi connectivity index (χ0) is 17.9. The van der Waals surface area contributed by atoms with E-state index in [0.717, 1.165) is 43.2 Å². The van der Waals surface area contributed by atoms with Gasteiger partial charge in [-0.1, -0.05) is 18.2 Å². The molecule has 134 valence electrons. The number of ether oxygens (including phenoxy) is 1. The minimum Gasteiger partial charge on any atom is -0.378 e. The first-order chi connectivity index (χ1) is 12.7. The highest BCUT2D eigenvalue weighted by Gasteiger charge is 2.30. The molecule has 2 N–H and O–H groups in total. The Bertz CT molecular complexity index is 813. The number of nitrogens with zero attached hydrogens (tertiary/aromatic N) is 1. The van der Waals surface area contributed by atoms with Gasteiger partial charge in [-0.05, 0) is 35.9 Å². The van der Waals surface area contributed by atoms with Gasteiger partial charge >= 0.3 is 0 Å². The van der Waals surface area contributed by atoms with Crippen molar-refractivity contribution in [2.24, 2.45) is 0 Å². The summed E-state index contributed by atoms with van der Waals surface area (Å²) in [6.07, 6.45) is 0.161. The molecule has 6 nitrogen and oxygen atoms in total. The van der Waals surface area contributed by atoms with E-state index < -0.39 is 5.92 Å². The molecule has 2 heterocycles. The van der Waals surface area contributed by atoms with Gasteiger partial charge in [-0.3, -0.25) is 9.59 Å². The summed E-state index contributed by atoms with van der Waals surface area (Å²) in [5.74, 6) is -0.767. The average molecular weight is 351 g/mol. The zero-order valence-electron chi connectivity index (χ0n) is 14.4. The van der Waals surface area contributed by atoms with E-state index in [1.807, 2.05) is 48.5 Å². The molecule has 1 atom stereocenters. The van der Waals surface area contributed by atoms with Crippen LogP contribution < -0.4 is 15.5 Å². The smallest absolute Gasteiger partial charge is 0.232 e. The molecule has 4 rings (SSSR count). The van der Waals surface area contributed by atoms with Gasteiger partial charge in [0.05, 0.1) is 19.1 Å². The maximum atomic E-state index is 12.7. The number of carbonyl (C=O) groups is 2. The van der Waals surface area contributed by atoms with Gasteiger partial charge in [-0.25, -0.2) is 0 Å². The number of hydrogen-bond acceptors (Lipinski definition) is 4. The molecule has 2 aromatic carbocycles. The first-order valence-corrected chi connectivity index (χ1v) is 8.83. The Morgan fingerprint density at radius 2 is 1.81 bits per heavy atom. The molecule has 1 unspecified atom stereocenters. The summed E-state index contributed by atoms with van der Waals surface area (Å²) >= 11 is 0. The number of hydrogen-bond donors (Lipinski definition) is 2. The van der Waals surface area contributed by atoms with Crippen LogP contribution in [0, 0.1) is 0 Å². The fourth-order valence-corrected chi connectivity index (χ4v) is 3.45. The fraction of sp³-hybridized carbons (Fsp3) is 0.300. The van der Waals surface area contributed by atoms with Gasteiger partial charge < -0.3 is 20.3 Å². The number of benzene rings is 2. The lowest BCUT2D eigenvalue weighted by Crippen LogP contribution is -2.36. The van der Waals surface area contributed by atoms with Crippen molar-refractivity contribution in [2.75, 3.05) is 41.8 Å². The van der Waals surface area contributed by atoms with Crippen molar-refractivity contribution >= 4 is 28.9 Å². The molecule has 0 bridgehead atoms. The number of para-hydroxylation sites is 1. The van der Waals surface area contributed by atoms with Crippen LogP contribution in [0.15, 0.2) is 48.5 Å². The second-order valence-corrected chi connectivity index (χ2v) is 6.53. The number of anilines is 3. The Kier molecular flexibility index (Phi) is 4.58. The molecule has 2 aromatic rings. The van der Waals surface area contributed by atoms with Crippen LogP contribution in [0.2, 0.25) is 0 Å². The number of rotatable bonds is 3. The second-order valence-electron chi connectivity index (χ2n) is 6.53. The number of morpholine rings is 1. The number of fused-ring (bicyclic) bond motifs is 1. The summed E-state index contributed by atoms with van der Waals surface area (Å²) in [6.45, 7) is 3.22. The van der Waals surface area contributed by atoms with E-state index in [-0.39, 0.29) is 18.2 Å². The first kappa shape index (κ1) is 16.6. The average Bonchev–Trinajstić information content (AvgIpc) is 2.68. The van der Waals surface area contributed by atoms with Crippen molar-refractivity contribution in [3.8, 4) is 0 Å². The summed E-state index contributed by atoms with van der Waals surface area (Å²) in [5, 5.41) is 5.76. The fourth-order valence-electron chi connectivity index (χ4n) is 3.45. The minimum atomic E-state index is -0.473. The van der Waals surface area contributed by atoms with Crippen molar-refractivity contribution < 1.29 is 14.3 Å².